The average Bonchev–Trinajstić information content (AvgIpc) is 2.35. The zero-order valence-electron chi connectivity index (χ0n) is 11.4. The first-order chi connectivity index (χ1) is 8.60. The van der Waals surface area contributed by atoms with Gasteiger partial charge in [-0.25, -0.2) is 0 Å². The second-order valence-corrected chi connectivity index (χ2v) is 4.97. The molecule has 1 N–H and O–H groups in total. The third-order valence-corrected chi connectivity index (χ3v) is 2.84. The van der Waals surface area contributed by atoms with E-state index in [2.05, 4.69) is 30.2 Å². The Morgan fingerprint density at radius 2 is 2.06 bits per heavy atom. The van der Waals surface area contributed by atoms with Crippen LogP contribution in [0.2, 0.25) is 0 Å². The molecule has 96 valence electrons. The van der Waals surface area contributed by atoms with Gasteiger partial charge in [0.15, 0.2) is 0 Å². The molecular formula is C15H20N2O. The minimum absolute atomic E-state index is 0.610. The number of ether oxygens (including phenoxy) is 1. The zero-order chi connectivity index (χ0) is 13.1. The second kappa shape index (κ2) is 5.25. The van der Waals surface area contributed by atoms with E-state index in [1.807, 2.05) is 25.1 Å². The van der Waals surface area contributed by atoms with Crippen LogP contribution in [0.3, 0.4) is 0 Å². The third-order valence-electron chi connectivity index (χ3n) is 2.84. The number of fused-ring (bicyclic) bond motifs is 1. The SMILES string of the molecule is COc1ccc2nc(C)cc(NCC(C)C)c2c1. The molecule has 0 amide bonds. The van der Waals surface area contributed by atoms with Gasteiger partial charge >= 0.3 is 0 Å². The van der Waals surface area contributed by atoms with Crippen molar-refractivity contribution in [3.05, 3.63) is 30.0 Å². The van der Waals surface area contributed by atoms with Crippen molar-refractivity contribution in [1.82, 2.24) is 4.98 Å². The van der Waals surface area contributed by atoms with E-state index in [-0.39, 0.29) is 0 Å². The Kier molecular flexibility index (Phi) is 3.70. The Morgan fingerprint density at radius 3 is 2.72 bits per heavy atom. The summed E-state index contributed by atoms with van der Waals surface area (Å²) in [6.07, 6.45) is 0. The smallest absolute Gasteiger partial charge is 0.119 e. The fraction of sp³-hybridized carbons (Fsp3) is 0.400. The molecule has 18 heavy (non-hydrogen) atoms. The maximum absolute atomic E-state index is 5.28. The van der Waals surface area contributed by atoms with Gasteiger partial charge < -0.3 is 10.1 Å². The van der Waals surface area contributed by atoms with E-state index in [0.717, 1.165) is 34.6 Å². The van der Waals surface area contributed by atoms with Crippen LogP contribution < -0.4 is 10.1 Å². The van der Waals surface area contributed by atoms with Gasteiger partial charge in [0.1, 0.15) is 5.75 Å². The average molecular weight is 244 g/mol. The molecule has 2 aromatic rings. The molecule has 0 saturated carbocycles. The monoisotopic (exact) mass is 244 g/mol. The van der Waals surface area contributed by atoms with Crippen molar-refractivity contribution >= 4 is 16.6 Å². The van der Waals surface area contributed by atoms with Crippen LogP contribution in [0, 0.1) is 12.8 Å². The van der Waals surface area contributed by atoms with Gasteiger partial charge in [0.05, 0.1) is 12.6 Å². The van der Waals surface area contributed by atoms with E-state index in [9.17, 15) is 0 Å². The third kappa shape index (κ3) is 2.73. The minimum atomic E-state index is 0.610. The number of hydrogen-bond donors (Lipinski definition) is 1. The molecule has 0 atom stereocenters. The quantitative estimate of drug-likeness (QED) is 0.892. The molecule has 3 nitrogen and oxygen atoms in total. The predicted octanol–water partition coefficient (Wildman–Crippen LogP) is 3.62. The molecular weight excluding hydrogens is 224 g/mol. The summed E-state index contributed by atoms with van der Waals surface area (Å²) in [6.45, 7) is 7.37. The Labute approximate surface area is 108 Å². The van der Waals surface area contributed by atoms with Crippen LogP contribution in [-0.2, 0) is 0 Å². The summed E-state index contributed by atoms with van der Waals surface area (Å²) in [5.74, 6) is 1.47. The molecule has 1 aromatic carbocycles. The largest absolute Gasteiger partial charge is 0.497 e. The fourth-order valence-electron chi connectivity index (χ4n) is 1.92. The topological polar surface area (TPSA) is 34.1 Å². The standard InChI is InChI=1S/C15H20N2O/c1-10(2)9-16-15-7-11(3)17-14-6-5-12(18-4)8-13(14)15/h5-8,10H,9H2,1-4H3,(H,16,17). The normalized spacial score (nSPS) is 10.9. The van der Waals surface area contributed by atoms with Crippen LogP contribution in [0.1, 0.15) is 19.5 Å². The summed E-state index contributed by atoms with van der Waals surface area (Å²) in [6, 6.07) is 8.07. The molecule has 0 fully saturated rings. The molecule has 0 spiro atoms. The molecule has 0 radical (unpaired) electrons. The summed E-state index contributed by atoms with van der Waals surface area (Å²) < 4.78 is 5.28. The molecule has 0 aliphatic carbocycles. The number of aryl methyl sites for hydroxylation is 1. The maximum atomic E-state index is 5.28. The molecule has 0 unspecified atom stereocenters. The number of methoxy groups -OCH3 is 1. The van der Waals surface area contributed by atoms with Crippen molar-refractivity contribution in [2.75, 3.05) is 19.0 Å². The van der Waals surface area contributed by atoms with Gasteiger partial charge in [-0.15, -0.1) is 0 Å². The van der Waals surface area contributed by atoms with Crippen molar-refractivity contribution in [3.8, 4) is 5.75 Å². The van der Waals surface area contributed by atoms with Crippen molar-refractivity contribution in [3.63, 3.8) is 0 Å². The van der Waals surface area contributed by atoms with E-state index in [1.54, 1.807) is 7.11 Å². The van der Waals surface area contributed by atoms with E-state index >= 15 is 0 Å². The van der Waals surface area contributed by atoms with Crippen molar-refractivity contribution in [2.24, 2.45) is 5.92 Å². The van der Waals surface area contributed by atoms with Gasteiger partial charge in [-0.1, -0.05) is 13.8 Å². The lowest BCUT2D eigenvalue weighted by Crippen LogP contribution is -2.08. The van der Waals surface area contributed by atoms with E-state index in [1.165, 1.54) is 0 Å². The predicted molar refractivity (Wildman–Crippen MR) is 76.4 cm³/mol. The highest BCUT2D eigenvalue weighted by molar-refractivity contribution is 5.92. The first-order valence-electron chi connectivity index (χ1n) is 6.29. The molecule has 0 bridgehead atoms. The number of nitrogens with one attached hydrogen (secondary N) is 1. The van der Waals surface area contributed by atoms with E-state index in [4.69, 9.17) is 4.74 Å². The molecule has 3 heteroatoms. The Bertz CT molecular complexity index is 549. The van der Waals surface area contributed by atoms with Gasteiger partial charge in [-0.05, 0) is 37.1 Å². The van der Waals surface area contributed by atoms with Gasteiger partial charge in [0.2, 0.25) is 0 Å². The van der Waals surface area contributed by atoms with Crippen LogP contribution >= 0.6 is 0 Å². The number of pyridine rings is 1. The van der Waals surface area contributed by atoms with Crippen LogP contribution in [0.25, 0.3) is 10.9 Å². The summed E-state index contributed by atoms with van der Waals surface area (Å²) in [4.78, 5) is 4.54. The van der Waals surface area contributed by atoms with Gasteiger partial charge in [0, 0.05) is 23.3 Å². The highest BCUT2D eigenvalue weighted by Crippen LogP contribution is 2.27. The molecule has 0 saturated heterocycles. The number of aromatic nitrogens is 1. The van der Waals surface area contributed by atoms with E-state index < -0.39 is 0 Å². The van der Waals surface area contributed by atoms with Crippen LogP contribution in [0.5, 0.6) is 5.75 Å². The zero-order valence-corrected chi connectivity index (χ0v) is 11.4. The summed E-state index contributed by atoms with van der Waals surface area (Å²) in [7, 11) is 1.68. The first kappa shape index (κ1) is 12.7. The molecule has 0 aliphatic rings. The fourth-order valence-corrected chi connectivity index (χ4v) is 1.92. The number of anilines is 1. The van der Waals surface area contributed by atoms with Gasteiger partial charge in [-0.3, -0.25) is 4.98 Å². The highest BCUT2D eigenvalue weighted by Gasteiger charge is 2.06. The lowest BCUT2D eigenvalue weighted by molar-refractivity contribution is 0.415. The lowest BCUT2D eigenvalue weighted by atomic mass is 10.1. The minimum Gasteiger partial charge on any atom is -0.497 e. The molecule has 1 aromatic heterocycles. The van der Waals surface area contributed by atoms with Crippen molar-refractivity contribution < 1.29 is 4.74 Å². The van der Waals surface area contributed by atoms with Crippen LogP contribution in [-0.4, -0.2) is 18.6 Å². The molecule has 2 rings (SSSR count). The van der Waals surface area contributed by atoms with Crippen molar-refractivity contribution in [2.45, 2.75) is 20.8 Å². The second-order valence-electron chi connectivity index (χ2n) is 4.97. The summed E-state index contributed by atoms with van der Waals surface area (Å²) >= 11 is 0. The molecule has 0 aliphatic heterocycles. The van der Waals surface area contributed by atoms with Crippen LogP contribution in [0.15, 0.2) is 24.3 Å². The van der Waals surface area contributed by atoms with Gasteiger partial charge in [0.25, 0.3) is 0 Å². The van der Waals surface area contributed by atoms with E-state index in [0.29, 0.717) is 5.92 Å². The number of hydrogen-bond acceptors (Lipinski definition) is 3. The molecule has 1 heterocycles. The number of benzene rings is 1. The highest BCUT2D eigenvalue weighted by atomic mass is 16.5. The number of nitrogens with zero attached hydrogens (tertiary/aromatic N) is 1. The Morgan fingerprint density at radius 1 is 1.28 bits per heavy atom. The summed E-state index contributed by atoms with van der Waals surface area (Å²) in [5, 5.41) is 4.60. The summed E-state index contributed by atoms with van der Waals surface area (Å²) in [5.41, 5.74) is 3.16. The number of rotatable bonds is 4. The van der Waals surface area contributed by atoms with Crippen LogP contribution in [0.4, 0.5) is 5.69 Å². The van der Waals surface area contributed by atoms with Gasteiger partial charge in [-0.2, -0.15) is 0 Å². The maximum Gasteiger partial charge on any atom is 0.119 e. The first-order valence-corrected chi connectivity index (χ1v) is 6.29. The Balaban J connectivity index is 2.47. The van der Waals surface area contributed by atoms with Crippen molar-refractivity contribution in [1.29, 1.82) is 0 Å². The Hall–Kier alpha value is -1.77. The lowest BCUT2D eigenvalue weighted by Gasteiger charge is -2.13.